The zero-order chi connectivity index (χ0) is 13.5. The van der Waals surface area contributed by atoms with Crippen LogP contribution in [0.2, 0.25) is 0 Å². The van der Waals surface area contributed by atoms with Crippen molar-refractivity contribution in [2.75, 3.05) is 13.7 Å². The average Bonchev–Trinajstić information content (AvgIpc) is 2.35. The zero-order valence-electron chi connectivity index (χ0n) is 9.48. The molecule has 0 spiro atoms. The van der Waals surface area contributed by atoms with Crippen LogP contribution < -0.4 is 4.74 Å². The van der Waals surface area contributed by atoms with Crippen LogP contribution in [0.1, 0.15) is 10.4 Å². The second kappa shape index (κ2) is 7.33. The molecule has 0 bridgehead atoms. The van der Waals surface area contributed by atoms with Crippen LogP contribution in [-0.2, 0) is 9.53 Å². The summed E-state index contributed by atoms with van der Waals surface area (Å²) in [5, 5.41) is 0. The Hall–Kier alpha value is -1.14. The predicted octanol–water partition coefficient (Wildman–Crippen LogP) is 3.13. The van der Waals surface area contributed by atoms with E-state index in [0.717, 1.165) is 4.47 Å². The summed E-state index contributed by atoms with van der Waals surface area (Å²) in [5.41, 5.74) is 0.419. The number of carbonyl (C=O) groups is 2. The van der Waals surface area contributed by atoms with Crippen molar-refractivity contribution >= 4 is 44.1 Å². The molecule has 0 radical (unpaired) electrons. The molecule has 0 fully saturated rings. The highest BCUT2D eigenvalue weighted by atomic mass is 79.9. The van der Waals surface area contributed by atoms with Gasteiger partial charge in [0, 0.05) is 10.5 Å². The van der Waals surface area contributed by atoms with Gasteiger partial charge in [0.05, 0.1) is 17.1 Å². The SMILES string of the molecule is COC(=O)/C=C/COc1c(Br)cc(Br)cc1C=O. The van der Waals surface area contributed by atoms with E-state index < -0.39 is 5.97 Å². The third kappa shape index (κ3) is 4.27. The van der Waals surface area contributed by atoms with Crippen LogP contribution in [0, 0.1) is 0 Å². The summed E-state index contributed by atoms with van der Waals surface area (Å²) >= 11 is 6.58. The lowest BCUT2D eigenvalue weighted by Gasteiger charge is -2.09. The summed E-state index contributed by atoms with van der Waals surface area (Å²) in [6.45, 7) is 0.163. The first-order valence-corrected chi connectivity index (χ1v) is 6.48. The number of carbonyl (C=O) groups excluding carboxylic acids is 2. The van der Waals surface area contributed by atoms with Crippen LogP contribution in [0.4, 0.5) is 0 Å². The number of halogens is 2. The highest BCUT2D eigenvalue weighted by Gasteiger charge is 2.09. The highest BCUT2D eigenvalue weighted by molar-refractivity contribution is 9.11. The first-order valence-electron chi connectivity index (χ1n) is 4.90. The quantitative estimate of drug-likeness (QED) is 0.449. The van der Waals surface area contributed by atoms with Crippen molar-refractivity contribution in [3.05, 3.63) is 38.8 Å². The number of benzene rings is 1. The second-order valence-electron chi connectivity index (χ2n) is 3.16. The number of methoxy groups -OCH3 is 1. The normalized spacial score (nSPS) is 10.4. The molecule has 0 saturated carbocycles. The molecule has 0 saturated heterocycles. The summed E-state index contributed by atoms with van der Waals surface area (Å²) in [6, 6.07) is 3.42. The van der Waals surface area contributed by atoms with Gasteiger partial charge in [0.1, 0.15) is 12.4 Å². The zero-order valence-corrected chi connectivity index (χ0v) is 12.7. The van der Waals surface area contributed by atoms with E-state index in [9.17, 15) is 9.59 Å². The van der Waals surface area contributed by atoms with Gasteiger partial charge >= 0.3 is 5.97 Å². The van der Waals surface area contributed by atoms with Crippen LogP contribution in [-0.4, -0.2) is 26.0 Å². The molecule has 6 heteroatoms. The molecule has 0 aliphatic heterocycles. The molecular formula is C12H10Br2O4. The van der Waals surface area contributed by atoms with Crippen molar-refractivity contribution in [3.63, 3.8) is 0 Å². The summed E-state index contributed by atoms with van der Waals surface area (Å²) in [4.78, 5) is 21.7. The lowest BCUT2D eigenvalue weighted by Crippen LogP contribution is -2.00. The van der Waals surface area contributed by atoms with Gasteiger partial charge in [-0.25, -0.2) is 4.79 Å². The van der Waals surface area contributed by atoms with Crippen molar-refractivity contribution in [1.82, 2.24) is 0 Å². The molecule has 0 aromatic heterocycles. The van der Waals surface area contributed by atoms with Crippen molar-refractivity contribution in [3.8, 4) is 5.75 Å². The Bertz CT molecular complexity index is 483. The monoisotopic (exact) mass is 376 g/mol. The topological polar surface area (TPSA) is 52.6 Å². The summed E-state index contributed by atoms with van der Waals surface area (Å²) < 4.78 is 11.3. The predicted molar refractivity (Wildman–Crippen MR) is 73.9 cm³/mol. The van der Waals surface area contributed by atoms with E-state index in [1.165, 1.54) is 19.3 Å². The Morgan fingerprint density at radius 2 is 2.11 bits per heavy atom. The van der Waals surface area contributed by atoms with Crippen LogP contribution >= 0.6 is 31.9 Å². The van der Waals surface area contributed by atoms with Gasteiger partial charge in [-0.3, -0.25) is 4.79 Å². The van der Waals surface area contributed by atoms with Crippen molar-refractivity contribution in [2.45, 2.75) is 0 Å². The molecule has 1 aromatic rings. The number of hydrogen-bond acceptors (Lipinski definition) is 4. The Morgan fingerprint density at radius 3 is 2.72 bits per heavy atom. The standard InChI is InChI=1S/C12H10Br2O4/c1-17-11(16)3-2-4-18-12-8(7-15)5-9(13)6-10(12)14/h2-3,5-7H,4H2,1H3/b3-2+. The number of ether oxygens (including phenoxy) is 2. The van der Waals surface area contributed by atoms with E-state index in [2.05, 4.69) is 36.6 Å². The van der Waals surface area contributed by atoms with E-state index in [0.29, 0.717) is 22.1 Å². The molecule has 0 amide bonds. The van der Waals surface area contributed by atoms with Gasteiger partial charge in [-0.15, -0.1) is 0 Å². The summed E-state index contributed by atoms with van der Waals surface area (Å²) in [5.74, 6) is -0.0215. The van der Waals surface area contributed by atoms with E-state index in [1.807, 2.05) is 0 Å². The van der Waals surface area contributed by atoms with E-state index in [4.69, 9.17) is 4.74 Å². The van der Waals surface area contributed by atoms with Gasteiger partial charge in [0.15, 0.2) is 6.29 Å². The second-order valence-corrected chi connectivity index (χ2v) is 4.93. The fraction of sp³-hybridized carbons (Fsp3) is 0.167. The average molecular weight is 378 g/mol. The Balaban J connectivity index is 2.76. The molecule has 0 heterocycles. The molecule has 0 N–H and O–H groups in total. The number of aldehydes is 1. The van der Waals surface area contributed by atoms with Crippen LogP contribution in [0.25, 0.3) is 0 Å². The lowest BCUT2D eigenvalue weighted by atomic mass is 10.2. The summed E-state index contributed by atoms with van der Waals surface area (Å²) in [7, 11) is 1.29. The maximum Gasteiger partial charge on any atom is 0.330 e. The van der Waals surface area contributed by atoms with Crippen molar-refractivity contribution in [1.29, 1.82) is 0 Å². The molecule has 0 unspecified atom stereocenters. The van der Waals surface area contributed by atoms with Crippen molar-refractivity contribution in [2.24, 2.45) is 0 Å². The fourth-order valence-corrected chi connectivity index (χ4v) is 2.54. The minimum Gasteiger partial charge on any atom is -0.488 e. The highest BCUT2D eigenvalue weighted by Crippen LogP contribution is 2.31. The number of rotatable bonds is 5. The van der Waals surface area contributed by atoms with Crippen LogP contribution in [0.5, 0.6) is 5.75 Å². The summed E-state index contributed by atoms with van der Waals surface area (Å²) in [6.07, 6.45) is 3.47. The Morgan fingerprint density at radius 1 is 1.39 bits per heavy atom. The minimum absolute atomic E-state index is 0.163. The molecule has 96 valence electrons. The molecule has 0 atom stereocenters. The van der Waals surface area contributed by atoms with Crippen LogP contribution in [0.3, 0.4) is 0 Å². The van der Waals surface area contributed by atoms with Gasteiger partial charge < -0.3 is 9.47 Å². The first-order chi connectivity index (χ1) is 8.58. The van der Waals surface area contributed by atoms with E-state index in [1.54, 1.807) is 12.1 Å². The van der Waals surface area contributed by atoms with Gasteiger partial charge in [0.2, 0.25) is 0 Å². The third-order valence-electron chi connectivity index (χ3n) is 1.94. The minimum atomic E-state index is -0.455. The smallest absolute Gasteiger partial charge is 0.330 e. The molecule has 0 aliphatic rings. The number of esters is 1. The molecule has 18 heavy (non-hydrogen) atoms. The van der Waals surface area contributed by atoms with Crippen LogP contribution in [0.15, 0.2) is 33.2 Å². The van der Waals surface area contributed by atoms with Gasteiger partial charge in [-0.05, 0) is 34.1 Å². The maximum absolute atomic E-state index is 10.9. The third-order valence-corrected chi connectivity index (χ3v) is 2.99. The molecule has 4 nitrogen and oxygen atoms in total. The van der Waals surface area contributed by atoms with Crippen molar-refractivity contribution < 1.29 is 19.1 Å². The molecule has 1 rings (SSSR count). The Labute approximate surface area is 121 Å². The molecule has 1 aromatic carbocycles. The van der Waals surface area contributed by atoms with E-state index in [-0.39, 0.29) is 6.61 Å². The van der Waals surface area contributed by atoms with Gasteiger partial charge in [-0.2, -0.15) is 0 Å². The van der Waals surface area contributed by atoms with Gasteiger partial charge in [0.25, 0.3) is 0 Å². The maximum atomic E-state index is 10.9. The largest absolute Gasteiger partial charge is 0.488 e. The Kier molecular flexibility index (Phi) is 6.07. The molecular weight excluding hydrogens is 368 g/mol. The fourth-order valence-electron chi connectivity index (χ4n) is 1.16. The molecule has 0 aliphatic carbocycles. The number of hydrogen-bond donors (Lipinski definition) is 0. The lowest BCUT2D eigenvalue weighted by molar-refractivity contribution is -0.134. The van der Waals surface area contributed by atoms with Gasteiger partial charge in [-0.1, -0.05) is 15.9 Å². The first kappa shape index (κ1) is 14.9. The van der Waals surface area contributed by atoms with E-state index >= 15 is 0 Å².